The lowest BCUT2D eigenvalue weighted by atomic mass is 10.1. The van der Waals surface area contributed by atoms with Crippen molar-refractivity contribution in [3.05, 3.63) is 47.5 Å². The molecule has 0 saturated carbocycles. The topological polar surface area (TPSA) is 182 Å². The van der Waals surface area contributed by atoms with E-state index in [1.807, 2.05) is 0 Å². The second kappa shape index (κ2) is 7.46. The highest BCUT2D eigenvalue weighted by atomic mass is 32.2. The van der Waals surface area contributed by atoms with Gasteiger partial charge >= 0.3 is 22.1 Å². The summed E-state index contributed by atoms with van der Waals surface area (Å²) >= 11 is 0. The quantitative estimate of drug-likeness (QED) is 0.421. The third-order valence-corrected chi connectivity index (χ3v) is 5.47. The molecule has 0 spiro atoms. The summed E-state index contributed by atoms with van der Waals surface area (Å²) in [7, 11) is -8.88. The van der Waals surface area contributed by atoms with E-state index in [1.165, 1.54) is 12.1 Å². The van der Waals surface area contributed by atoms with Gasteiger partial charge in [0.2, 0.25) is 0 Å². The number of hydrogen-bond donors (Lipinski definition) is 3. The van der Waals surface area contributed by atoms with Gasteiger partial charge in [0.1, 0.15) is 15.4 Å². The molecule has 28 heavy (non-hydrogen) atoms. The van der Waals surface area contributed by atoms with Gasteiger partial charge in [0, 0.05) is 0 Å². The van der Waals surface area contributed by atoms with Crippen LogP contribution in [0.4, 0.5) is 0 Å². The van der Waals surface area contributed by atoms with Crippen LogP contribution in [0, 0.1) is 0 Å². The monoisotopic (exact) mass is 432 g/mol. The molecule has 2 aromatic rings. The number of carbonyl (C=O) groups is 2. The average Bonchev–Trinajstić information content (AvgIpc) is 2.59. The first-order valence-electron chi connectivity index (χ1n) is 7.08. The first-order chi connectivity index (χ1) is 12.9. The average molecular weight is 432 g/mol. The Labute approximate surface area is 158 Å². The molecular weight excluding hydrogens is 420 g/mol. The largest absolute Gasteiger partial charge is 0.494 e. The molecule has 2 aromatic carbocycles. The highest BCUT2D eigenvalue weighted by Gasteiger charge is 2.30. The van der Waals surface area contributed by atoms with Crippen molar-refractivity contribution in [2.24, 2.45) is 0 Å². The Morgan fingerprint density at radius 1 is 0.929 bits per heavy atom. The van der Waals surface area contributed by atoms with Crippen molar-refractivity contribution < 1.29 is 50.1 Å². The lowest BCUT2D eigenvalue weighted by Gasteiger charge is -2.14. The summed E-state index contributed by atoms with van der Waals surface area (Å²) in [5, 5.41) is 18.3. The number of benzene rings is 2. The van der Waals surface area contributed by atoms with Gasteiger partial charge in [0.25, 0.3) is 10.1 Å². The second-order valence-electron chi connectivity index (χ2n) is 5.12. The molecule has 0 heterocycles. The van der Waals surface area contributed by atoms with Crippen molar-refractivity contribution in [2.45, 2.75) is 9.79 Å². The standard InChI is InChI=1S/C15H12O11S2/c1-25-13-9(15(18)19)6-8(14(16)17)7-12(13)28(23,24)26-10-4-2-3-5-11(10)27(20,21)22/h2-7H,1H3,(H,16,17)(H,18,19)(H,20,21,22). The van der Waals surface area contributed by atoms with E-state index in [9.17, 15) is 36.1 Å². The van der Waals surface area contributed by atoms with Crippen LogP contribution in [-0.2, 0) is 20.2 Å². The molecule has 0 aliphatic rings. The van der Waals surface area contributed by atoms with E-state index >= 15 is 0 Å². The molecule has 0 radical (unpaired) electrons. The number of ether oxygens (including phenoxy) is 1. The van der Waals surface area contributed by atoms with Gasteiger partial charge in [-0.05, 0) is 24.3 Å². The minimum Gasteiger partial charge on any atom is -0.494 e. The fraction of sp³-hybridized carbons (Fsp3) is 0.0667. The maximum atomic E-state index is 12.6. The Kier molecular flexibility index (Phi) is 5.63. The fourth-order valence-corrected chi connectivity index (χ4v) is 4.01. The predicted octanol–water partition coefficient (Wildman–Crippen LogP) is 1.11. The lowest BCUT2D eigenvalue weighted by molar-refractivity contribution is 0.0692. The van der Waals surface area contributed by atoms with Gasteiger partial charge in [-0.15, -0.1) is 0 Å². The molecular formula is C15H12O11S2. The minimum atomic E-state index is -4.98. The molecule has 0 amide bonds. The molecule has 0 unspecified atom stereocenters. The van der Waals surface area contributed by atoms with E-state index in [-0.39, 0.29) is 0 Å². The van der Waals surface area contributed by atoms with E-state index in [0.717, 1.165) is 19.2 Å². The molecule has 0 aromatic heterocycles. The summed E-state index contributed by atoms with van der Waals surface area (Å²) in [6.07, 6.45) is 0. The van der Waals surface area contributed by atoms with Crippen LogP contribution >= 0.6 is 0 Å². The van der Waals surface area contributed by atoms with E-state index in [0.29, 0.717) is 12.1 Å². The van der Waals surface area contributed by atoms with Crippen molar-refractivity contribution in [1.82, 2.24) is 0 Å². The molecule has 0 fully saturated rings. The van der Waals surface area contributed by atoms with Crippen molar-refractivity contribution in [3.8, 4) is 11.5 Å². The van der Waals surface area contributed by atoms with Crippen LogP contribution in [0.15, 0.2) is 46.2 Å². The number of carboxylic acids is 2. The maximum Gasteiger partial charge on any atom is 0.343 e. The number of carboxylic acid groups (broad SMARTS) is 2. The maximum absolute atomic E-state index is 12.6. The van der Waals surface area contributed by atoms with E-state index in [4.69, 9.17) is 14.0 Å². The van der Waals surface area contributed by atoms with Crippen molar-refractivity contribution in [2.75, 3.05) is 7.11 Å². The third-order valence-electron chi connectivity index (χ3n) is 3.33. The molecule has 0 aliphatic carbocycles. The zero-order valence-electron chi connectivity index (χ0n) is 13.9. The van der Waals surface area contributed by atoms with Gasteiger partial charge < -0.3 is 19.1 Å². The van der Waals surface area contributed by atoms with Crippen LogP contribution in [0.2, 0.25) is 0 Å². The van der Waals surface area contributed by atoms with Crippen LogP contribution < -0.4 is 8.92 Å². The molecule has 0 bridgehead atoms. The van der Waals surface area contributed by atoms with Crippen molar-refractivity contribution in [1.29, 1.82) is 0 Å². The van der Waals surface area contributed by atoms with Crippen LogP contribution in [0.25, 0.3) is 0 Å². The van der Waals surface area contributed by atoms with Gasteiger partial charge in [0.15, 0.2) is 11.5 Å². The summed E-state index contributed by atoms with van der Waals surface area (Å²) in [5.41, 5.74) is -1.46. The van der Waals surface area contributed by atoms with Gasteiger partial charge in [0.05, 0.1) is 12.7 Å². The van der Waals surface area contributed by atoms with Crippen LogP contribution in [-0.4, -0.2) is 50.6 Å². The Hall–Kier alpha value is -3.16. The highest BCUT2D eigenvalue weighted by Crippen LogP contribution is 2.33. The molecule has 0 saturated heterocycles. The highest BCUT2D eigenvalue weighted by molar-refractivity contribution is 7.87. The molecule has 11 nitrogen and oxygen atoms in total. The van der Waals surface area contributed by atoms with Gasteiger partial charge in [-0.1, -0.05) is 12.1 Å². The predicted molar refractivity (Wildman–Crippen MR) is 91.0 cm³/mol. The second-order valence-corrected chi connectivity index (χ2v) is 8.03. The number of para-hydroxylation sites is 1. The summed E-state index contributed by atoms with van der Waals surface area (Å²) < 4.78 is 66.8. The number of rotatable bonds is 7. The van der Waals surface area contributed by atoms with Gasteiger partial charge in [-0.3, -0.25) is 4.55 Å². The van der Waals surface area contributed by atoms with Crippen LogP contribution in [0.3, 0.4) is 0 Å². The van der Waals surface area contributed by atoms with E-state index in [2.05, 4.69) is 0 Å². The summed E-state index contributed by atoms with van der Waals surface area (Å²) in [6.45, 7) is 0. The molecule has 150 valence electrons. The number of aromatic carboxylic acids is 2. The van der Waals surface area contributed by atoms with E-state index < -0.39 is 64.6 Å². The molecule has 3 N–H and O–H groups in total. The Morgan fingerprint density at radius 2 is 1.54 bits per heavy atom. The first-order valence-corrected chi connectivity index (χ1v) is 9.93. The zero-order chi connectivity index (χ0) is 21.3. The first kappa shape index (κ1) is 21.1. The fourth-order valence-electron chi connectivity index (χ4n) is 2.18. The van der Waals surface area contributed by atoms with Crippen molar-refractivity contribution >= 4 is 32.2 Å². The number of hydrogen-bond acceptors (Lipinski definition) is 8. The third kappa shape index (κ3) is 4.21. The molecule has 2 rings (SSSR count). The van der Waals surface area contributed by atoms with Crippen molar-refractivity contribution in [3.63, 3.8) is 0 Å². The smallest absolute Gasteiger partial charge is 0.343 e. The minimum absolute atomic E-state index is 0.596. The summed E-state index contributed by atoms with van der Waals surface area (Å²) in [5.74, 6) is -4.80. The Bertz CT molecular complexity index is 1160. The molecule has 0 aliphatic heterocycles. The normalized spacial score (nSPS) is 11.6. The zero-order valence-corrected chi connectivity index (χ0v) is 15.5. The van der Waals surface area contributed by atoms with Crippen LogP contribution in [0.5, 0.6) is 11.5 Å². The summed E-state index contributed by atoms with van der Waals surface area (Å²) in [4.78, 5) is 20.7. The van der Waals surface area contributed by atoms with Crippen LogP contribution in [0.1, 0.15) is 20.7 Å². The lowest BCUT2D eigenvalue weighted by Crippen LogP contribution is -2.16. The van der Waals surface area contributed by atoms with Gasteiger partial charge in [-0.2, -0.15) is 16.8 Å². The van der Waals surface area contributed by atoms with Gasteiger partial charge in [-0.25, -0.2) is 9.59 Å². The molecule has 13 heteroatoms. The summed E-state index contributed by atoms with van der Waals surface area (Å²) in [6, 6.07) is 5.48. The van der Waals surface area contributed by atoms with E-state index in [1.54, 1.807) is 0 Å². The Morgan fingerprint density at radius 3 is 2.04 bits per heavy atom. The number of methoxy groups -OCH3 is 1. The Balaban J connectivity index is 2.74. The SMILES string of the molecule is COc1c(C(=O)O)cc(C(=O)O)cc1S(=O)(=O)Oc1ccccc1S(=O)(=O)O. The molecule has 0 atom stereocenters.